The Balaban J connectivity index is 1.29. The highest BCUT2D eigenvalue weighted by Crippen LogP contribution is 2.28. The smallest absolute Gasteiger partial charge is 0.444 e. The quantitative estimate of drug-likeness (QED) is 0.131. The summed E-state index contributed by atoms with van der Waals surface area (Å²) in [5.41, 5.74) is 0.136. The number of carbonyl (C=O) groups excluding carboxylic acids is 1. The molecule has 0 saturated heterocycles. The highest BCUT2D eigenvalue weighted by Gasteiger charge is 2.32. The molecule has 1 aromatic carbocycles. The number of ether oxygens (including phenoxy) is 2. The van der Waals surface area contributed by atoms with Gasteiger partial charge in [-0.25, -0.2) is 9.78 Å². The summed E-state index contributed by atoms with van der Waals surface area (Å²) in [5, 5.41) is 22.3. The number of anilines is 2. The zero-order valence-electron chi connectivity index (χ0n) is 27.1. The first-order valence-electron chi connectivity index (χ1n) is 16.2. The molecular formula is C33H48F3N7O3. The number of rotatable bonds is 17. The molecule has 1 aliphatic carbocycles. The maximum atomic E-state index is 12.7. The summed E-state index contributed by atoms with van der Waals surface area (Å²) in [6.45, 7) is 7.92. The van der Waals surface area contributed by atoms with Crippen LogP contribution in [0, 0.1) is 17.2 Å². The monoisotopic (exact) mass is 647 g/mol. The van der Waals surface area contributed by atoms with E-state index in [9.17, 15) is 23.2 Å². The molecule has 0 unspecified atom stereocenters. The van der Waals surface area contributed by atoms with Crippen molar-refractivity contribution >= 4 is 17.9 Å². The van der Waals surface area contributed by atoms with Crippen molar-refractivity contribution in [3.8, 4) is 11.8 Å². The molecule has 1 heterocycles. The number of unbranched alkanes of at least 4 members (excludes halogenated alkanes) is 5. The molecule has 3 rings (SSSR count). The van der Waals surface area contributed by atoms with Crippen LogP contribution in [0.25, 0.3) is 0 Å². The number of alkyl halides is 3. The number of alkyl carbamates (subject to hydrolysis) is 1. The summed E-state index contributed by atoms with van der Waals surface area (Å²) in [6, 6.07) is 8.49. The molecule has 1 saturated carbocycles. The van der Waals surface area contributed by atoms with Crippen molar-refractivity contribution in [3.05, 3.63) is 41.6 Å². The number of nitriles is 1. The van der Waals surface area contributed by atoms with E-state index in [4.69, 9.17) is 4.74 Å². The Morgan fingerprint density at radius 3 is 2.33 bits per heavy atom. The molecule has 2 aromatic rings. The van der Waals surface area contributed by atoms with Crippen LogP contribution in [0.5, 0.6) is 5.75 Å². The lowest BCUT2D eigenvalue weighted by atomic mass is 9.86. The number of benzene rings is 1. The van der Waals surface area contributed by atoms with E-state index in [0.717, 1.165) is 57.9 Å². The highest BCUT2D eigenvalue weighted by atomic mass is 19.4. The minimum absolute atomic E-state index is 0.0176. The number of aromatic nitrogens is 2. The topological polar surface area (TPSA) is 133 Å². The van der Waals surface area contributed by atoms with Crippen LogP contribution in [0.15, 0.2) is 30.5 Å². The van der Waals surface area contributed by atoms with Gasteiger partial charge in [0.05, 0.1) is 6.20 Å². The minimum atomic E-state index is -4.79. The number of nitrogens with zero attached hydrogens (tertiary/aromatic N) is 3. The molecule has 1 aromatic heterocycles. The lowest BCUT2D eigenvalue weighted by Gasteiger charge is -2.29. The molecule has 1 fully saturated rings. The summed E-state index contributed by atoms with van der Waals surface area (Å²) in [7, 11) is 0. The predicted octanol–water partition coefficient (Wildman–Crippen LogP) is 7.28. The van der Waals surface area contributed by atoms with E-state index in [2.05, 4.69) is 42.0 Å². The van der Waals surface area contributed by atoms with Gasteiger partial charge in [-0.05, 0) is 77.8 Å². The molecule has 1 aliphatic rings. The van der Waals surface area contributed by atoms with Gasteiger partial charge in [0, 0.05) is 31.2 Å². The summed E-state index contributed by atoms with van der Waals surface area (Å²) < 4.78 is 47.6. The Bertz CT molecular complexity index is 1260. The van der Waals surface area contributed by atoms with E-state index in [1.165, 1.54) is 37.2 Å². The second-order valence-corrected chi connectivity index (χ2v) is 12.7. The molecule has 0 atom stereocenters. The van der Waals surface area contributed by atoms with Gasteiger partial charge < -0.3 is 30.7 Å². The fourth-order valence-corrected chi connectivity index (χ4v) is 5.31. The number of nitrogens with one attached hydrogen (secondary N) is 4. The number of hydrogen-bond acceptors (Lipinski definition) is 9. The lowest BCUT2D eigenvalue weighted by molar-refractivity contribution is -0.274. The van der Waals surface area contributed by atoms with Crippen LogP contribution in [0.1, 0.15) is 96.1 Å². The summed E-state index contributed by atoms with van der Waals surface area (Å²) in [4.78, 5) is 20.2. The Hall–Kier alpha value is -3.79. The van der Waals surface area contributed by atoms with E-state index in [-0.39, 0.29) is 24.3 Å². The third kappa shape index (κ3) is 14.5. The molecule has 1 amide bonds. The zero-order chi connectivity index (χ0) is 33.4. The van der Waals surface area contributed by atoms with Crippen LogP contribution >= 0.6 is 0 Å². The van der Waals surface area contributed by atoms with Crippen molar-refractivity contribution in [3.63, 3.8) is 0 Å². The van der Waals surface area contributed by atoms with Crippen molar-refractivity contribution in [2.45, 2.75) is 110 Å². The Morgan fingerprint density at radius 1 is 0.978 bits per heavy atom. The van der Waals surface area contributed by atoms with Gasteiger partial charge in [0.1, 0.15) is 28.8 Å². The number of halogens is 3. The van der Waals surface area contributed by atoms with E-state index < -0.39 is 12.0 Å². The van der Waals surface area contributed by atoms with Crippen molar-refractivity contribution in [2.75, 3.05) is 30.3 Å². The molecule has 46 heavy (non-hydrogen) atoms. The van der Waals surface area contributed by atoms with Crippen LogP contribution in [-0.4, -0.2) is 53.7 Å². The first-order valence-corrected chi connectivity index (χ1v) is 16.2. The molecule has 13 heteroatoms. The molecule has 254 valence electrons. The average molecular weight is 648 g/mol. The third-order valence-electron chi connectivity index (χ3n) is 7.65. The van der Waals surface area contributed by atoms with E-state index in [1.54, 1.807) is 6.07 Å². The molecule has 0 bridgehead atoms. The molecule has 10 nitrogen and oxygen atoms in total. The van der Waals surface area contributed by atoms with E-state index in [0.29, 0.717) is 42.0 Å². The molecule has 0 radical (unpaired) electrons. The number of para-hydroxylation sites is 1. The lowest BCUT2D eigenvalue weighted by Crippen LogP contribution is -2.35. The maximum Gasteiger partial charge on any atom is 0.573 e. The van der Waals surface area contributed by atoms with Crippen LogP contribution in [0.4, 0.5) is 29.7 Å². The maximum absolute atomic E-state index is 12.7. The zero-order valence-corrected chi connectivity index (χ0v) is 27.1. The number of carbonyl (C=O) groups is 1. The number of hydrogen-bond donors (Lipinski definition) is 4. The van der Waals surface area contributed by atoms with Crippen molar-refractivity contribution in [2.24, 2.45) is 5.92 Å². The van der Waals surface area contributed by atoms with Crippen LogP contribution in [-0.2, 0) is 11.3 Å². The van der Waals surface area contributed by atoms with Gasteiger partial charge in [0.15, 0.2) is 0 Å². The predicted molar refractivity (Wildman–Crippen MR) is 171 cm³/mol. The van der Waals surface area contributed by atoms with Gasteiger partial charge in [-0.15, -0.1) is 13.2 Å². The Labute approximate surface area is 270 Å². The van der Waals surface area contributed by atoms with Crippen LogP contribution in [0.3, 0.4) is 0 Å². The molecule has 0 spiro atoms. The van der Waals surface area contributed by atoms with Gasteiger partial charge >= 0.3 is 12.5 Å². The first kappa shape index (κ1) is 36.7. The summed E-state index contributed by atoms with van der Waals surface area (Å²) in [5.74, 6) is 0.760. The van der Waals surface area contributed by atoms with Gasteiger partial charge in [-0.1, -0.05) is 43.9 Å². The Kier molecular flexibility index (Phi) is 14.7. The van der Waals surface area contributed by atoms with Crippen molar-refractivity contribution < 1.29 is 27.4 Å². The first-order chi connectivity index (χ1) is 21.9. The molecule has 0 aliphatic heterocycles. The molecule has 4 N–H and O–H groups in total. The normalized spacial score (nSPS) is 16.7. The van der Waals surface area contributed by atoms with Gasteiger partial charge in [0.25, 0.3) is 0 Å². The largest absolute Gasteiger partial charge is 0.573 e. The van der Waals surface area contributed by atoms with Crippen molar-refractivity contribution in [1.82, 2.24) is 20.6 Å². The fourth-order valence-electron chi connectivity index (χ4n) is 5.31. The Morgan fingerprint density at radius 2 is 1.65 bits per heavy atom. The van der Waals surface area contributed by atoms with Crippen LogP contribution < -0.4 is 26.0 Å². The molecular weight excluding hydrogens is 599 g/mol. The fraction of sp³-hybridized carbons (Fsp3) is 0.636. The van der Waals surface area contributed by atoms with Crippen molar-refractivity contribution in [1.29, 1.82) is 5.26 Å². The summed E-state index contributed by atoms with van der Waals surface area (Å²) >= 11 is 0. The second kappa shape index (κ2) is 18.4. The van der Waals surface area contributed by atoms with E-state index >= 15 is 0 Å². The average Bonchev–Trinajstić information content (AvgIpc) is 2.99. The number of amides is 1. The van der Waals surface area contributed by atoms with Gasteiger partial charge in [0.2, 0.25) is 5.95 Å². The minimum Gasteiger partial charge on any atom is -0.444 e. The second-order valence-electron chi connectivity index (χ2n) is 12.7. The summed E-state index contributed by atoms with van der Waals surface area (Å²) in [6.07, 6.45) is 7.34. The SMILES string of the molecule is CC(C)(C)OC(=O)NCCCCCCCCNC1CCC(CNc2nc(NCc3ccccc3OC(F)(F)F)ncc2C#N)CC1. The highest BCUT2D eigenvalue weighted by molar-refractivity contribution is 5.67. The van der Waals surface area contributed by atoms with Gasteiger partial charge in [-0.2, -0.15) is 10.2 Å². The van der Waals surface area contributed by atoms with E-state index in [1.807, 2.05) is 20.8 Å². The van der Waals surface area contributed by atoms with Crippen LogP contribution in [0.2, 0.25) is 0 Å². The third-order valence-corrected chi connectivity index (χ3v) is 7.65. The van der Waals surface area contributed by atoms with Gasteiger partial charge in [-0.3, -0.25) is 0 Å². The standard InChI is InChI=1S/C33H48F3N7O3/c1-32(2,3)46-31(44)39-19-11-7-5-4-6-10-18-38-27-16-14-24(15-17-27)21-40-29-26(20-37)23-42-30(43-29)41-22-25-12-8-9-13-28(25)45-33(34,35)36/h8-9,12-13,23-24,27,38H,4-7,10-11,14-19,21-22H2,1-3H3,(H,39,44)(H2,40,41,42,43).